The Hall–Kier alpha value is -3.21. The largest absolute Gasteiger partial charge is 0.449 e. The van der Waals surface area contributed by atoms with Crippen LogP contribution in [0.5, 0.6) is 0 Å². The lowest BCUT2D eigenvalue weighted by molar-refractivity contribution is -0.140. The minimum absolute atomic E-state index is 0.221. The van der Waals surface area contributed by atoms with Crippen molar-refractivity contribution in [3.8, 4) is 0 Å². The standard InChI is InChI=1S/C22H27N5O5S/c1-15-13-18-14-17(5-6-19(18)27(15)33(3,30)31)21(29)32-16(2)20(28)25-9-11-26(12-10-25)22-23-7-4-8-24-22/h4-8,14-16H,9-13H2,1-3H3. The average molecular weight is 474 g/mol. The summed E-state index contributed by atoms with van der Waals surface area (Å²) in [4.78, 5) is 37.7. The average Bonchev–Trinajstić information content (AvgIpc) is 3.14. The van der Waals surface area contributed by atoms with Crippen molar-refractivity contribution < 1.29 is 22.7 Å². The molecule has 0 N–H and O–H groups in total. The molecule has 0 radical (unpaired) electrons. The van der Waals surface area contributed by atoms with E-state index in [1.165, 1.54) is 16.6 Å². The Morgan fingerprint density at radius 1 is 1.12 bits per heavy atom. The van der Waals surface area contributed by atoms with Crippen molar-refractivity contribution in [2.45, 2.75) is 32.4 Å². The second kappa shape index (κ2) is 8.97. The number of fused-ring (bicyclic) bond motifs is 1. The molecule has 0 saturated carbocycles. The second-order valence-corrected chi connectivity index (χ2v) is 10.2. The van der Waals surface area contributed by atoms with Gasteiger partial charge in [0.1, 0.15) is 0 Å². The molecule has 10 nitrogen and oxygen atoms in total. The van der Waals surface area contributed by atoms with Crippen LogP contribution in [0.2, 0.25) is 0 Å². The molecule has 1 amide bonds. The van der Waals surface area contributed by atoms with Gasteiger partial charge in [0, 0.05) is 44.6 Å². The van der Waals surface area contributed by atoms with Crippen molar-refractivity contribution in [3.05, 3.63) is 47.8 Å². The van der Waals surface area contributed by atoms with Crippen LogP contribution >= 0.6 is 0 Å². The second-order valence-electron chi connectivity index (χ2n) is 8.36. The Balaban J connectivity index is 1.36. The third kappa shape index (κ3) is 4.77. The van der Waals surface area contributed by atoms with Gasteiger partial charge in [0.05, 0.1) is 17.5 Å². The van der Waals surface area contributed by atoms with Crippen LogP contribution in [0, 0.1) is 0 Å². The highest BCUT2D eigenvalue weighted by Gasteiger charge is 2.33. The first-order chi connectivity index (χ1) is 15.6. The predicted molar refractivity (Wildman–Crippen MR) is 123 cm³/mol. The summed E-state index contributed by atoms with van der Waals surface area (Å²) in [7, 11) is -3.41. The van der Waals surface area contributed by atoms with Crippen LogP contribution in [-0.2, 0) is 26.0 Å². The van der Waals surface area contributed by atoms with E-state index in [1.54, 1.807) is 42.4 Å². The molecule has 3 heterocycles. The highest BCUT2D eigenvalue weighted by atomic mass is 32.2. The van der Waals surface area contributed by atoms with Gasteiger partial charge in [-0.3, -0.25) is 9.10 Å². The van der Waals surface area contributed by atoms with Gasteiger partial charge in [0.25, 0.3) is 5.91 Å². The number of carbonyl (C=O) groups is 2. The predicted octanol–water partition coefficient (Wildman–Crippen LogP) is 1.08. The number of nitrogens with zero attached hydrogens (tertiary/aromatic N) is 5. The molecular formula is C22H27N5O5S. The monoisotopic (exact) mass is 473 g/mol. The molecule has 0 spiro atoms. The number of ether oxygens (including phenoxy) is 1. The molecule has 33 heavy (non-hydrogen) atoms. The number of hydrogen-bond donors (Lipinski definition) is 0. The highest BCUT2D eigenvalue weighted by Crippen LogP contribution is 2.34. The van der Waals surface area contributed by atoms with Gasteiger partial charge in [-0.15, -0.1) is 0 Å². The molecule has 176 valence electrons. The fourth-order valence-electron chi connectivity index (χ4n) is 4.35. The smallest absolute Gasteiger partial charge is 0.338 e. The van der Waals surface area contributed by atoms with E-state index in [1.807, 2.05) is 11.8 Å². The summed E-state index contributed by atoms with van der Waals surface area (Å²) in [5.41, 5.74) is 1.63. The van der Waals surface area contributed by atoms with E-state index >= 15 is 0 Å². The van der Waals surface area contributed by atoms with Crippen LogP contribution in [0.25, 0.3) is 0 Å². The topological polar surface area (TPSA) is 113 Å². The number of aromatic nitrogens is 2. The molecule has 0 aliphatic carbocycles. The van der Waals surface area contributed by atoms with E-state index in [9.17, 15) is 18.0 Å². The van der Waals surface area contributed by atoms with Crippen molar-refractivity contribution in [3.63, 3.8) is 0 Å². The normalized spacial score (nSPS) is 19.2. The SMILES string of the molecule is CC(OC(=O)c1ccc2c(c1)CC(C)N2S(C)(=O)=O)C(=O)N1CCN(c2ncccn2)CC1. The summed E-state index contributed by atoms with van der Waals surface area (Å²) < 4.78 is 31.0. The molecule has 2 aromatic rings. The minimum Gasteiger partial charge on any atom is -0.449 e. The van der Waals surface area contributed by atoms with Crippen molar-refractivity contribution in [2.75, 3.05) is 41.6 Å². The Kier molecular flexibility index (Phi) is 6.24. The van der Waals surface area contributed by atoms with E-state index in [0.29, 0.717) is 49.8 Å². The number of benzene rings is 1. The fourth-order valence-corrected chi connectivity index (χ4v) is 5.62. The van der Waals surface area contributed by atoms with Gasteiger partial charge in [-0.25, -0.2) is 23.2 Å². The van der Waals surface area contributed by atoms with Crippen LogP contribution in [0.1, 0.15) is 29.8 Å². The number of esters is 1. The third-order valence-corrected chi connectivity index (χ3v) is 7.15. The molecule has 1 aromatic heterocycles. The van der Waals surface area contributed by atoms with Gasteiger partial charge in [-0.05, 0) is 50.1 Å². The number of piperazine rings is 1. The summed E-state index contributed by atoms with van der Waals surface area (Å²) in [5, 5.41) is 0. The molecule has 1 aromatic carbocycles. The number of rotatable bonds is 5. The number of hydrogen-bond acceptors (Lipinski definition) is 8. The molecule has 4 rings (SSSR count). The number of carbonyl (C=O) groups excluding carboxylic acids is 2. The van der Waals surface area contributed by atoms with Gasteiger partial charge in [0.15, 0.2) is 6.10 Å². The van der Waals surface area contributed by atoms with Crippen molar-refractivity contribution >= 4 is 33.5 Å². The van der Waals surface area contributed by atoms with Crippen LogP contribution in [0.4, 0.5) is 11.6 Å². The van der Waals surface area contributed by atoms with Gasteiger partial charge in [-0.2, -0.15) is 0 Å². The van der Waals surface area contributed by atoms with Crippen LogP contribution in [-0.4, -0.2) is 79.7 Å². The van der Waals surface area contributed by atoms with Gasteiger partial charge < -0.3 is 14.5 Å². The molecule has 0 bridgehead atoms. The van der Waals surface area contributed by atoms with E-state index in [0.717, 1.165) is 5.56 Å². The zero-order valence-electron chi connectivity index (χ0n) is 18.8. The fraction of sp³-hybridized carbons (Fsp3) is 0.455. The van der Waals surface area contributed by atoms with Crippen LogP contribution in [0.3, 0.4) is 0 Å². The molecule has 2 atom stereocenters. The first-order valence-corrected chi connectivity index (χ1v) is 12.6. The Bertz CT molecular complexity index is 1150. The molecule has 1 saturated heterocycles. The molecular weight excluding hydrogens is 446 g/mol. The first kappa shape index (κ1) is 23.0. The Morgan fingerprint density at radius 3 is 2.42 bits per heavy atom. The molecule has 11 heteroatoms. The third-order valence-electron chi connectivity index (χ3n) is 5.88. The summed E-state index contributed by atoms with van der Waals surface area (Å²) in [6, 6.07) is 6.33. The molecule has 2 aliphatic rings. The Labute approximate surface area is 193 Å². The van der Waals surface area contributed by atoms with Gasteiger partial charge in [-0.1, -0.05) is 0 Å². The number of anilines is 2. The highest BCUT2D eigenvalue weighted by molar-refractivity contribution is 7.92. The molecule has 2 aliphatic heterocycles. The van der Waals surface area contributed by atoms with Crippen LogP contribution in [0.15, 0.2) is 36.7 Å². The minimum atomic E-state index is -3.41. The number of sulfonamides is 1. The first-order valence-electron chi connectivity index (χ1n) is 10.8. The lowest BCUT2D eigenvalue weighted by Crippen LogP contribution is -2.52. The summed E-state index contributed by atoms with van der Waals surface area (Å²) in [6.07, 6.45) is 4.10. The summed E-state index contributed by atoms with van der Waals surface area (Å²) in [6.45, 7) is 5.54. The molecule has 2 unspecified atom stereocenters. The maximum atomic E-state index is 12.8. The molecule has 1 fully saturated rings. The Morgan fingerprint density at radius 2 is 1.79 bits per heavy atom. The maximum absolute atomic E-state index is 12.8. The van der Waals surface area contributed by atoms with Crippen molar-refractivity contribution in [1.82, 2.24) is 14.9 Å². The zero-order valence-corrected chi connectivity index (χ0v) is 19.7. The zero-order chi connectivity index (χ0) is 23.8. The van der Waals surface area contributed by atoms with Crippen LogP contribution < -0.4 is 9.21 Å². The quantitative estimate of drug-likeness (QED) is 0.593. The maximum Gasteiger partial charge on any atom is 0.338 e. The van der Waals surface area contributed by atoms with E-state index < -0.39 is 22.1 Å². The van der Waals surface area contributed by atoms with Crippen molar-refractivity contribution in [2.24, 2.45) is 0 Å². The summed E-state index contributed by atoms with van der Waals surface area (Å²) >= 11 is 0. The van der Waals surface area contributed by atoms with Gasteiger partial charge >= 0.3 is 5.97 Å². The lowest BCUT2D eigenvalue weighted by Gasteiger charge is -2.35. The summed E-state index contributed by atoms with van der Waals surface area (Å²) in [5.74, 6) is -0.236. The van der Waals surface area contributed by atoms with E-state index in [4.69, 9.17) is 4.74 Å². The van der Waals surface area contributed by atoms with Gasteiger partial charge in [0.2, 0.25) is 16.0 Å². The van der Waals surface area contributed by atoms with E-state index in [-0.39, 0.29) is 11.9 Å². The van der Waals surface area contributed by atoms with E-state index in [2.05, 4.69) is 9.97 Å². The lowest BCUT2D eigenvalue weighted by atomic mass is 10.1. The number of amides is 1. The van der Waals surface area contributed by atoms with Crippen molar-refractivity contribution in [1.29, 1.82) is 0 Å².